The second kappa shape index (κ2) is 4.66. The fourth-order valence-electron chi connectivity index (χ4n) is 0.942. The van der Waals surface area contributed by atoms with Crippen molar-refractivity contribution >= 4 is 0 Å². The minimum absolute atomic E-state index is 0.368. The molecule has 0 spiro atoms. The van der Waals surface area contributed by atoms with E-state index in [0.717, 1.165) is 12.8 Å². The molecule has 0 radical (unpaired) electrons. The van der Waals surface area contributed by atoms with Crippen LogP contribution >= 0.6 is 0 Å². The molecule has 1 unspecified atom stereocenters. The van der Waals surface area contributed by atoms with Gasteiger partial charge in [0.2, 0.25) is 0 Å². The van der Waals surface area contributed by atoms with Gasteiger partial charge in [0, 0.05) is 0 Å². The molecular weight excluding hydrogens is 148 g/mol. The highest BCUT2D eigenvalue weighted by molar-refractivity contribution is 4.96. The largest absolute Gasteiger partial charge is 0.390 e. The Labute approximate surface area is 76.5 Å². The average molecular weight is 170 g/mol. The highest BCUT2D eigenvalue weighted by atomic mass is 16.3. The summed E-state index contributed by atoms with van der Waals surface area (Å²) in [5.74, 6) is 0.368. The summed E-state index contributed by atoms with van der Waals surface area (Å²) in [4.78, 5) is 0. The third kappa shape index (κ3) is 4.55. The van der Waals surface area contributed by atoms with Gasteiger partial charge >= 0.3 is 0 Å². The summed E-state index contributed by atoms with van der Waals surface area (Å²) < 4.78 is 0. The first kappa shape index (κ1) is 11.7. The van der Waals surface area contributed by atoms with Gasteiger partial charge < -0.3 is 5.11 Å². The first-order valence-corrected chi connectivity index (χ1v) is 4.72. The van der Waals surface area contributed by atoms with Gasteiger partial charge in [-0.15, -0.1) is 0 Å². The van der Waals surface area contributed by atoms with Gasteiger partial charge in [-0.25, -0.2) is 0 Å². The smallest absolute Gasteiger partial charge is 0.0617 e. The molecule has 0 bridgehead atoms. The minimum Gasteiger partial charge on any atom is -0.390 e. The van der Waals surface area contributed by atoms with Crippen molar-refractivity contribution in [3.05, 3.63) is 11.6 Å². The van der Waals surface area contributed by atoms with Gasteiger partial charge in [0.25, 0.3) is 0 Å². The van der Waals surface area contributed by atoms with Crippen LogP contribution in [-0.2, 0) is 0 Å². The molecule has 0 aliphatic heterocycles. The third-order valence-corrected chi connectivity index (χ3v) is 2.67. The van der Waals surface area contributed by atoms with E-state index < -0.39 is 5.60 Å². The summed E-state index contributed by atoms with van der Waals surface area (Å²) >= 11 is 0. The quantitative estimate of drug-likeness (QED) is 0.643. The maximum atomic E-state index is 9.65. The lowest BCUT2D eigenvalue weighted by atomic mass is 9.88. The maximum Gasteiger partial charge on any atom is 0.0617 e. The average Bonchev–Trinajstić information content (AvgIpc) is 1.97. The van der Waals surface area contributed by atoms with Gasteiger partial charge in [-0.1, -0.05) is 18.6 Å². The van der Waals surface area contributed by atoms with Crippen LogP contribution in [0.5, 0.6) is 0 Å². The molecule has 0 aromatic rings. The van der Waals surface area contributed by atoms with E-state index in [9.17, 15) is 5.11 Å². The summed E-state index contributed by atoms with van der Waals surface area (Å²) in [5, 5.41) is 9.65. The summed E-state index contributed by atoms with van der Waals surface area (Å²) in [6.07, 6.45) is 4.30. The van der Waals surface area contributed by atoms with Gasteiger partial charge in [-0.05, 0) is 46.5 Å². The number of aliphatic hydroxyl groups is 1. The molecular formula is C11H22O. The SMILES string of the molecule is C/C=C(\C)CCC(C)C(C)(C)O. The highest BCUT2D eigenvalue weighted by Gasteiger charge is 2.21. The molecule has 0 aromatic heterocycles. The number of hydrogen-bond donors (Lipinski definition) is 1. The molecule has 0 saturated carbocycles. The van der Waals surface area contributed by atoms with E-state index in [1.807, 2.05) is 13.8 Å². The Kier molecular flexibility index (Phi) is 4.54. The fraction of sp³-hybridized carbons (Fsp3) is 0.818. The molecule has 1 atom stereocenters. The van der Waals surface area contributed by atoms with E-state index in [4.69, 9.17) is 0 Å². The lowest BCUT2D eigenvalue weighted by Crippen LogP contribution is -2.28. The van der Waals surface area contributed by atoms with Crippen LogP contribution < -0.4 is 0 Å². The lowest BCUT2D eigenvalue weighted by Gasteiger charge is -2.25. The van der Waals surface area contributed by atoms with Crippen LogP contribution in [0.4, 0.5) is 0 Å². The molecule has 0 aliphatic carbocycles. The molecule has 0 fully saturated rings. The Bertz CT molecular complexity index is 151. The topological polar surface area (TPSA) is 20.2 Å². The molecule has 0 saturated heterocycles. The van der Waals surface area contributed by atoms with E-state index in [2.05, 4.69) is 26.8 Å². The van der Waals surface area contributed by atoms with Crippen LogP contribution in [0, 0.1) is 5.92 Å². The molecule has 0 aliphatic rings. The van der Waals surface area contributed by atoms with Crippen molar-refractivity contribution in [1.82, 2.24) is 0 Å². The highest BCUT2D eigenvalue weighted by Crippen LogP contribution is 2.22. The van der Waals surface area contributed by atoms with Crippen molar-refractivity contribution in [3.8, 4) is 0 Å². The Balaban J connectivity index is 3.80. The Morgan fingerprint density at radius 1 is 1.50 bits per heavy atom. The molecule has 0 aromatic carbocycles. The van der Waals surface area contributed by atoms with Gasteiger partial charge in [-0.2, -0.15) is 0 Å². The number of rotatable bonds is 4. The minimum atomic E-state index is -0.534. The number of allylic oxidation sites excluding steroid dienone is 2. The van der Waals surface area contributed by atoms with Gasteiger partial charge in [0.05, 0.1) is 5.60 Å². The molecule has 0 amide bonds. The standard InChI is InChI=1S/C11H22O/c1-6-9(2)7-8-10(3)11(4,5)12/h6,10,12H,7-8H2,1-5H3/b9-6+. The lowest BCUT2D eigenvalue weighted by molar-refractivity contribution is 0.0215. The molecule has 72 valence electrons. The molecule has 1 heteroatoms. The number of hydrogen-bond acceptors (Lipinski definition) is 1. The zero-order valence-electron chi connectivity index (χ0n) is 9.02. The monoisotopic (exact) mass is 170 g/mol. The summed E-state index contributed by atoms with van der Waals surface area (Å²) in [6, 6.07) is 0. The van der Waals surface area contributed by atoms with E-state index >= 15 is 0 Å². The Morgan fingerprint density at radius 2 is 2.00 bits per heavy atom. The van der Waals surface area contributed by atoms with Gasteiger partial charge in [0.15, 0.2) is 0 Å². The zero-order valence-corrected chi connectivity index (χ0v) is 9.02. The van der Waals surface area contributed by atoms with Crippen molar-refractivity contribution in [3.63, 3.8) is 0 Å². The summed E-state index contributed by atoms with van der Waals surface area (Å²) in [6.45, 7) is 10.1. The van der Waals surface area contributed by atoms with Crippen LogP contribution in [0.2, 0.25) is 0 Å². The van der Waals surface area contributed by atoms with E-state index in [-0.39, 0.29) is 0 Å². The predicted octanol–water partition coefficient (Wildman–Crippen LogP) is 3.14. The normalized spacial score (nSPS) is 16.3. The van der Waals surface area contributed by atoms with Gasteiger partial charge in [-0.3, -0.25) is 0 Å². The van der Waals surface area contributed by atoms with Crippen LogP contribution in [0.1, 0.15) is 47.5 Å². The first-order chi connectivity index (χ1) is 5.38. The zero-order chi connectivity index (χ0) is 9.78. The van der Waals surface area contributed by atoms with Crippen LogP contribution in [0.3, 0.4) is 0 Å². The van der Waals surface area contributed by atoms with Crippen molar-refractivity contribution in [2.45, 2.75) is 53.1 Å². The third-order valence-electron chi connectivity index (χ3n) is 2.67. The fourth-order valence-corrected chi connectivity index (χ4v) is 0.942. The Morgan fingerprint density at radius 3 is 2.33 bits per heavy atom. The van der Waals surface area contributed by atoms with Crippen LogP contribution in [-0.4, -0.2) is 10.7 Å². The maximum absolute atomic E-state index is 9.65. The summed E-state index contributed by atoms with van der Waals surface area (Å²) in [7, 11) is 0. The predicted molar refractivity (Wildman–Crippen MR) is 54.1 cm³/mol. The second-order valence-corrected chi connectivity index (χ2v) is 4.23. The molecule has 0 rings (SSSR count). The second-order valence-electron chi connectivity index (χ2n) is 4.23. The van der Waals surface area contributed by atoms with Crippen molar-refractivity contribution in [2.24, 2.45) is 5.92 Å². The van der Waals surface area contributed by atoms with Crippen LogP contribution in [0.15, 0.2) is 11.6 Å². The van der Waals surface area contributed by atoms with E-state index in [1.54, 1.807) is 0 Å². The van der Waals surface area contributed by atoms with Crippen molar-refractivity contribution in [2.75, 3.05) is 0 Å². The van der Waals surface area contributed by atoms with E-state index in [1.165, 1.54) is 5.57 Å². The van der Waals surface area contributed by atoms with E-state index in [0.29, 0.717) is 5.92 Å². The molecule has 12 heavy (non-hydrogen) atoms. The first-order valence-electron chi connectivity index (χ1n) is 4.72. The molecule has 1 nitrogen and oxygen atoms in total. The molecule has 1 N–H and O–H groups in total. The van der Waals surface area contributed by atoms with Crippen LogP contribution in [0.25, 0.3) is 0 Å². The molecule has 0 heterocycles. The van der Waals surface area contributed by atoms with Gasteiger partial charge in [0.1, 0.15) is 0 Å². The Hall–Kier alpha value is -0.300. The van der Waals surface area contributed by atoms with Crippen molar-refractivity contribution < 1.29 is 5.11 Å². The summed E-state index contributed by atoms with van der Waals surface area (Å²) in [5.41, 5.74) is 0.875. The van der Waals surface area contributed by atoms with Crippen molar-refractivity contribution in [1.29, 1.82) is 0 Å².